The molecule has 1 rings (SSSR count). The monoisotopic (exact) mass is 257 g/mol. The van der Waals surface area contributed by atoms with Gasteiger partial charge in [0.2, 0.25) is 10.0 Å². The Morgan fingerprint density at radius 2 is 1.88 bits per heavy atom. The van der Waals surface area contributed by atoms with Crippen molar-refractivity contribution in [3.63, 3.8) is 0 Å². The van der Waals surface area contributed by atoms with Gasteiger partial charge in [-0.15, -0.1) is 13.2 Å². The summed E-state index contributed by atoms with van der Waals surface area (Å²) in [5.74, 6) is -1.54. The molecule has 1 aromatic rings. The Hall–Kier alpha value is -1.48. The lowest BCUT2D eigenvalue weighted by atomic mass is 10.3. The van der Waals surface area contributed by atoms with Crippen molar-refractivity contribution >= 4 is 10.0 Å². The third-order valence-corrected chi connectivity index (χ3v) is 2.39. The van der Waals surface area contributed by atoms with Gasteiger partial charge in [0.15, 0.2) is 0 Å². The standard InChI is InChI=1S/C7H6F3NO4S/c8-7(9,10)15-5-2-1-4(12)3-6(5)16(11,13)14/h1-3,12H,(H2,11,13,14). The molecule has 0 spiro atoms. The lowest BCUT2D eigenvalue weighted by Crippen LogP contribution is -2.20. The van der Waals surface area contributed by atoms with Crippen LogP contribution in [0.25, 0.3) is 0 Å². The van der Waals surface area contributed by atoms with Gasteiger partial charge in [0.05, 0.1) is 0 Å². The van der Waals surface area contributed by atoms with Crippen LogP contribution in [0, 0.1) is 0 Å². The highest BCUT2D eigenvalue weighted by Crippen LogP contribution is 2.31. The third kappa shape index (κ3) is 3.28. The summed E-state index contributed by atoms with van der Waals surface area (Å²) in [7, 11) is -4.41. The maximum atomic E-state index is 11.9. The minimum Gasteiger partial charge on any atom is -0.508 e. The Morgan fingerprint density at radius 1 is 1.31 bits per heavy atom. The molecule has 0 saturated carbocycles. The van der Waals surface area contributed by atoms with Gasteiger partial charge in [-0.05, 0) is 12.1 Å². The number of sulfonamides is 1. The number of aromatic hydroxyl groups is 1. The van der Waals surface area contributed by atoms with Gasteiger partial charge < -0.3 is 9.84 Å². The maximum Gasteiger partial charge on any atom is 0.573 e. The molecule has 0 aliphatic carbocycles. The second-order valence-corrected chi connectivity index (χ2v) is 4.25. The Kier molecular flexibility index (Phi) is 3.01. The van der Waals surface area contributed by atoms with Crippen molar-refractivity contribution in [1.82, 2.24) is 0 Å². The summed E-state index contributed by atoms with van der Waals surface area (Å²) in [6.07, 6.45) is -5.05. The average molecular weight is 257 g/mol. The van der Waals surface area contributed by atoms with Crippen molar-refractivity contribution in [2.24, 2.45) is 5.14 Å². The fourth-order valence-corrected chi connectivity index (χ4v) is 1.60. The van der Waals surface area contributed by atoms with Gasteiger partial charge in [0, 0.05) is 6.07 Å². The molecular weight excluding hydrogens is 251 g/mol. The average Bonchev–Trinajstić information content (AvgIpc) is 2.04. The van der Waals surface area contributed by atoms with Crippen LogP contribution >= 0.6 is 0 Å². The number of phenolic OH excluding ortho intramolecular Hbond substituents is 1. The van der Waals surface area contributed by atoms with Crippen molar-refractivity contribution in [2.75, 3.05) is 0 Å². The molecule has 0 aliphatic heterocycles. The van der Waals surface area contributed by atoms with Gasteiger partial charge in [-0.2, -0.15) is 0 Å². The normalized spacial score (nSPS) is 12.5. The highest BCUT2D eigenvalue weighted by atomic mass is 32.2. The van der Waals surface area contributed by atoms with Crippen molar-refractivity contribution in [1.29, 1.82) is 0 Å². The zero-order valence-corrected chi connectivity index (χ0v) is 8.34. The minimum absolute atomic E-state index is 0.543. The number of benzene rings is 1. The van der Waals surface area contributed by atoms with E-state index >= 15 is 0 Å². The number of rotatable bonds is 2. The van der Waals surface area contributed by atoms with Crippen LogP contribution in [0.15, 0.2) is 23.1 Å². The second-order valence-electron chi connectivity index (χ2n) is 2.72. The van der Waals surface area contributed by atoms with Crippen molar-refractivity contribution in [3.8, 4) is 11.5 Å². The number of halogens is 3. The summed E-state index contributed by atoms with van der Waals surface area (Å²) in [4.78, 5) is -0.940. The Morgan fingerprint density at radius 3 is 2.31 bits per heavy atom. The van der Waals surface area contributed by atoms with Crippen LogP contribution in [0.1, 0.15) is 0 Å². The Bertz CT molecular complexity index is 497. The van der Waals surface area contributed by atoms with Crippen LogP contribution < -0.4 is 9.88 Å². The first-order valence-electron chi connectivity index (χ1n) is 3.71. The van der Waals surface area contributed by atoms with E-state index in [2.05, 4.69) is 9.88 Å². The largest absolute Gasteiger partial charge is 0.573 e. The molecule has 0 atom stereocenters. The van der Waals surface area contributed by atoms with Crippen LogP contribution in [-0.2, 0) is 10.0 Å². The van der Waals surface area contributed by atoms with E-state index in [-0.39, 0.29) is 0 Å². The predicted octanol–water partition coefficient (Wildman–Crippen LogP) is 0.938. The third-order valence-electron chi connectivity index (χ3n) is 1.46. The molecule has 9 heteroatoms. The molecule has 0 radical (unpaired) electrons. The molecule has 0 heterocycles. The molecule has 1 aromatic carbocycles. The van der Waals surface area contributed by atoms with Gasteiger partial charge in [-0.25, -0.2) is 13.6 Å². The summed E-state index contributed by atoms with van der Waals surface area (Å²) >= 11 is 0. The first kappa shape index (κ1) is 12.6. The number of phenols is 1. The van der Waals surface area contributed by atoms with Crippen LogP contribution in [0.2, 0.25) is 0 Å². The summed E-state index contributed by atoms with van der Waals surface area (Å²) in [5.41, 5.74) is 0. The zero-order chi connectivity index (χ0) is 12.6. The molecule has 5 nitrogen and oxygen atoms in total. The highest BCUT2D eigenvalue weighted by molar-refractivity contribution is 7.89. The molecule has 16 heavy (non-hydrogen) atoms. The molecule has 0 fully saturated rings. The van der Waals surface area contributed by atoms with Gasteiger partial charge in [0.1, 0.15) is 16.4 Å². The van der Waals surface area contributed by atoms with Crippen LogP contribution in [0.4, 0.5) is 13.2 Å². The summed E-state index contributed by atoms with van der Waals surface area (Å²) < 4.78 is 60.9. The fourth-order valence-electron chi connectivity index (χ4n) is 0.928. The smallest absolute Gasteiger partial charge is 0.508 e. The number of ether oxygens (including phenoxy) is 1. The van der Waals surface area contributed by atoms with Gasteiger partial charge >= 0.3 is 6.36 Å². The molecule has 0 aliphatic rings. The van der Waals surface area contributed by atoms with E-state index in [0.717, 1.165) is 6.07 Å². The van der Waals surface area contributed by atoms with Gasteiger partial charge in [0.25, 0.3) is 0 Å². The minimum atomic E-state index is -5.05. The van der Waals surface area contributed by atoms with Crippen LogP contribution in [0.5, 0.6) is 11.5 Å². The van der Waals surface area contributed by atoms with Crippen molar-refractivity contribution in [3.05, 3.63) is 18.2 Å². The number of hydrogen-bond donors (Lipinski definition) is 2. The van der Waals surface area contributed by atoms with Crippen molar-refractivity contribution in [2.45, 2.75) is 11.3 Å². The van der Waals surface area contributed by atoms with E-state index in [4.69, 9.17) is 5.11 Å². The molecular formula is C7H6F3NO4S. The summed E-state index contributed by atoms with van der Waals surface area (Å²) in [6.45, 7) is 0. The number of hydrogen-bond acceptors (Lipinski definition) is 4. The first-order chi connectivity index (χ1) is 7.09. The molecule has 3 N–H and O–H groups in total. The maximum absolute atomic E-state index is 11.9. The van der Waals surface area contributed by atoms with E-state index in [9.17, 15) is 21.6 Å². The van der Waals surface area contributed by atoms with E-state index in [1.807, 2.05) is 0 Å². The Balaban J connectivity index is 3.30. The Labute approximate surface area is 88.3 Å². The van der Waals surface area contributed by atoms with E-state index < -0.39 is 32.8 Å². The molecule has 0 bridgehead atoms. The molecule has 0 amide bonds. The first-order valence-corrected chi connectivity index (χ1v) is 5.26. The van der Waals surface area contributed by atoms with Crippen LogP contribution in [-0.4, -0.2) is 19.9 Å². The van der Waals surface area contributed by atoms with Crippen LogP contribution in [0.3, 0.4) is 0 Å². The van der Waals surface area contributed by atoms with E-state index in [0.29, 0.717) is 12.1 Å². The molecule has 0 saturated heterocycles. The molecule has 90 valence electrons. The zero-order valence-electron chi connectivity index (χ0n) is 7.52. The van der Waals surface area contributed by atoms with Crippen molar-refractivity contribution < 1.29 is 31.4 Å². The summed E-state index contributed by atoms with van der Waals surface area (Å²) in [5, 5.41) is 13.6. The number of alkyl halides is 3. The predicted molar refractivity (Wildman–Crippen MR) is 46.2 cm³/mol. The number of primary sulfonamides is 1. The van der Waals surface area contributed by atoms with Gasteiger partial charge in [-0.3, -0.25) is 0 Å². The quantitative estimate of drug-likeness (QED) is 0.825. The SMILES string of the molecule is NS(=O)(=O)c1cc(O)ccc1OC(F)(F)F. The fraction of sp³-hybridized carbons (Fsp3) is 0.143. The van der Waals surface area contributed by atoms with E-state index in [1.165, 1.54) is 0 Å². The lowest BCUT2D eigenvalue weighted by molar-refractivity contribution is -0.275. The second kappa shape index (κ2) is 3.83. The van der Waals surface area contributed by atoms with Gasteiger partial charge in [-0.1, -0.05) is 0 Å². The number of nitrogens with two attached hydrogens (primary N) is 1. The van der Waals surface area contributed by atoms with E-state index in [1.54, 1.807) is 0 Å². The molecule has 0 aromatic heterocycles. The summed E-state index contributed by atoms with van der Waals surface area (Å²) in [6, 6.07) is 2.06. The topological polar surface area (TPSA) is 89.6 Å². The molecule has 0 unspecified atom stereocenters. The lowest BCUT2D eigenvalue weighted by Gasteiger charge is -2.11. The highest BCUT2D eigenvalue weighted by Gasteiger charge is 2.33.